The normalized spacial score (nSPS) is 37.9. The lowest BCUT2D eigenvalue weighted by Crippen LogP contribution is -2.44. The summed E-state index contributed by atoms with van der Waals surface area (Å²) in [4.78, 5) is 13.7. The van der Waals surface area contributed by atoms with E-state index in [9.17, 15) is 9.90 Å². The quantitative estimate of drug-likeness (QED) is 0.687. The van der Waals surface area contributed by atoms with E-state index in [0.717, 1.165) is 12.8 Å². The topological polar surface area (TPSA) is 49.8 Å². The lowest BCUT2D eigenvalue weighted by molar-refractivity contribution is -0.00265. The number of hydrogen-bond acceptors (Lipinski definition) is 3. The van der Waals surface area contributed by atoms with E-state index in [4.69, 9.17) is 4.74 Å². The first-order chi connectivity index (χ1) is 7.21. The zero-order chi connectivity index (χ0) is 12.1. The minimum absolute atomic E-state index is 0.0626. The molecule has 2 rings (SSSR count). The fraction of sp³-hybridized carbons (Fsp3) is 0.917. The smallest absolute Gasteiger partial charge is 0.410 e. The highest BCUT2D eigenvalue weighted by Gasteiger charge is 2.55. The van der Waals surface area contributed by atoms with E-state index >= 15 is 0 Å². The second-order valence-corrected chi connectivity index (χ2v) is 6.20. The zero-order valence-corrected chi connectivity index (χ0v) is 10.5. The predicted octanol–water partition coefficient (Wildman–Crippen LogP) is 1.91. The summed E-state index contributed by atoms with van der Waals surface area (Å²) in [5.41, 5.74) is -1.20. The van der Waals surface area contributed by atoms with Crippen LogP contribution in [0.15, 0.2) is 0 Å². The van der Waals surface area contributed by atoms with Crippen molar-refractivity contribution in [1.82, 2.24) is 4.90 Å². The molecule has 92 valence electrons. The van der Waals surface area contributed by atoms with Gasteiger partial charge in [-0.3, -0.25) is 4.90 Å². The van der Waals surface area contributed by atoms with Gasteiger partial charge in [0.2, 0.25) is 0 Å². The molecule has 3 unspecified atom stereocenters. The second-order valence-electron chi connectivity index (χ2n) is 6.20. The number of fused-ring (bicyclic) bond motifs is 2. The summed E-state index contributed by atoms with van der Waals surface area (Å²) >= 11 is 0. The van der Waals surface area contributed by atoms with E-state index in [-0.39, 0.29) is 18.2 Å². The SMILES string of the molecule is CC(C)(C)OC(=O)N1C2CCC1C(C)(O)C2. The van der Waals surface area contributed by atoms with Gasteiger partial charge in [0.25, 0.3) is 0 Å². The molecule has 2 heterocycles. The van der Waals surface area contributed by atoms with E-state index in [0.29, 0.717) is 6.42 Å². The molecule has 0 aromatic heterocycles. The summed E-state index contributed by atoms with van der Waals surface area (Å²) in [6, 6.07) is 0.0993. The second kappa shape index (κ2) is 3.36. The Morgan fingerprint density at radius 2 is 2.06 bits per heavy atom. The molecule has 0 aromatic rings. The van der Waals surface area contributed by atoms with E-state index in [2.05, 4.69) is 0 Å². The lowest BCUT2D eigenvalue weighted by Gasteiger charge is -2.30. The Balaban J connectivity index is 2.10. The minimum atomic E-state index is -0.736. The number of rotatable bonds is 0. The molecular formula is C12H21NO3. The third-order valence-electron chi connectivity index (χ3n) is 3.47. The van der Waals surface area contributed by atoms with Gasteiger partial charge in [-0.05, 0) is 47.0 Å². The number of hydrogen-bond donors (Lipinski definition) is 1. The molecule has 0 aliphatic carbocycles. The predicted molar refractivity (Wildman–Crippen MR) is 60.1 cm³/mol. The van der Waals surface area contributed by atoms with Gasteiger partial charge in [0.15, 0.2) is 0 Å². The van der Waals surface area contributed by atoms with Crippen LogP contribution in [0.3, 0.4) is 0 Å². The van der Waals surface area contributed by atoms with Crippen LogP contribution in [0.4, 0.5) is 4.79 Å². The van der Waals surface area contributed by atoms with Gasteiger partial charge >= 0.3 is 6.09 Å². The van der Waals surface area contributed by atoms with Crippen molar-refractivity contribution in [2.75, 3.05) is 0 Å². The van der Waals surface area contributed by atoms with Crippen LogP contribution in [0, 0.1) is 0 Å². The van der Waals surface area contributed by atoms with Crippen LogP contribution in [0.25, 0.3) is 0 Å². The average Bonchev–Trinajstić information content (AvgIpc) is 2.52. The number of carbonyl (C=O) groups is 1. The summed E-state index contributed by atoms with van der Waals surface area (Å²) in [5.74, 6) is 0. The summed E-state index contributed by atoms with van der Waals surface area (Å²) in [6.07, 6.45) is 2.27. The summed E-state index contributed by atoms with van der Waals surface area (Å²) in [5, 5.41) is 10.2. The van der Waals surface area contributed by atoms with Crippen LogP contribution >= 0.6 is 0 Å². The van der Waals surface area contributed by atoms with Crippen molar-refractivity contribution in [3.63, 3.8) is 0 Å². The van der Waals surface area contributed by atoms with Gasteiger partial charge in [-0.15, -0.1) is 0 Å². The fourth-order valence-corrected chi connectivity index (χ4v) is 2.90. The molecule has 4 nitrogen and oxygen atoms in total. The Morgan fingerprint density at radius 1 is 1.44 bits per heavy atom. The molecule has 2 saturated heterocycles. The summed E-state index contributed by atoms with van der Waals surface area (Å²) < 4.78 is 5.37. The molecule has 3 atom stereocenters. The molecule has 16 heavy (non-hydrogen) atoms. The maximum Gasteiger partial charge on any atom is 0.410 e. The first-order valence-corrected chi connectivity index (χ1v) is 5.94. The summed E-state index contributed by atoms with van der Waals surface area (Å²) in [6.45, 7) is 7.40. The minimum Gasteiger partial charge on any atom is -0.444 e. The molecule has 4 heteroatoms. The molecule has 0 aromatic carbocycles. The highest BCUT2D eigenvalue weighted by molar-refractivity contribution is 5.70. The molecule has 2 bridgehead atoms. The zero-order valence-electron chi connectivity index (χ0n) is 10.5. The van der Waals surface area contributed by atoms with Gasteiger partial charge < -0.3 is 9.84 Å². The average molecular weight is 227 g/mol. The molecule has 1 N–H and O–H groups in total. The van der Waals surface area contributed by atoms with E-state index in [1.807, 2.05) is 27.7 Å². The summed E-state index contributed by atoms with van der Waals surface area (Å²) in [7, 11) is 0. The van der Waals surface area contributed by atoms with Gasteiger partial charge in [0, 0.05) is 6.04 Å². The number of carbonyl (C=O) groups excluding carboxylic acids is 1. The molecule has 2 fully saturated rings. The number of aliphatic hydroxyl groups is 1. The van der Waals surface area contributed by atoms with E-state index in [1.54, 1.807) is 4.90 Å². The van der Waals surface area contributed by atoms with E-state index < -0.39 is 11.2 Å². The molecule has 2 aliphatic heterocycles. The highest BCUT2D eigenvalue weighted by Crippen LogP contribution is 2.44. The van der Waals surface area contributed by atoms with Crippen molar-refractivity contribution in [3.05, 3.63) is 0 Å². The van der Waals surface area contributed by atoms with Crippen molar-refractivity contribution in [1.29, 1.82) is 0 Å². The largest absolute Gasteiger partial charge is 0.444 e. The van der Waals surface area contributed by atoms with Crippen LogP contribution in [-0.2, 0) is 4.74 Å². The maximum absolute atomic E-state index is 12.0. The molecule has 2 aliphatic rings. The maximum atomic E-state index is 12.0. The van der Waals surface area contributed by atoms with Crippen LogP contribution in [0.5, 0.6) is 0 Å². The Labute approximate surface area is 96.6 Å². The number of amides is 1. The monoisotopic (exact) mass is 227 g/mol. The standard InChI is InChI=1S/C12H21NO3/c1-11(2,3)16-10(14)13-8-5-6-9(13)12(4,15)7-8/h8-9,15H,5-7H2,1-4H3. The molecule has 0 spiro atoms. The van der Waals surface area contributed by atoms with E-state index in [1.165, 1.54) is 0 Å². The first-order valence-electron chi connectivity index (χ1n) is 5.94. The first kappa shape index (κ1) is 11.7. The Kier molecular flexibility index (Phi) is 2.46. The van der Waals surface area contributed by atoms with Crippen LogP contribution in [0.1, 0.15) is 47.0 Å². The van der Waals surface area contributed by atoms with Crippen molar-refractivity contribution in [2.45, 2.75) is 70.2 Å². The van der Waals surface area contributed by atoms with Crippen molar-refractivity contribution < 1.29 is 14.6 Å². The number of nitrogens with zero attached hydrogens (tertiary/aromatic N) is 1. The Hall–Kier alpha value is -0.770. The van der Waals surface area contributed by atoms with Gasteiger partial charge in [0.1, 0.15) is 5.60 Å². The Morgan fingerprint density at radius 3 is 2.44 bits per heavy atom. The van der Waals surface area contributed by atoms with Crippen LogP contribution in [0.2, 0.25) is 0 Å². The molecule has 0 saturated carbocycles. The van der Waals surface area contributed by atoms with Crippen molar-refractivity contribution in [2.24, 2.45) is 0 Å². The third-order valence-corrected chi connectivity index (χ3v) is 3.47. The molecule has 1 amide bonds. The van der Waals surface area contributed by atoms with Gasteiger partial charge in [0.05, 0.1) is 11.6 Å². The Bertz CT molecular complexity index is 306. The highest BCUT2D eigenvalue weighted by atomic mass is 16.6. The lowest BCUT2D eigenvalue weighted by atomic mass is 9.87. The van der Waals surface area contributed by atoms with Crippen LogP contribution in [-0.4, -0.2) is 39.4 Å². The van der Waals surface area contributed by atoms with Gasteiger partial charge in [-0.1, -0.05) is 0 Å². The molecule has 0 radical (unpaired) electrons. The van der Waals surface area contributed by atoms with Crippen LogP contribution < -0.4 is 0 Å². The van der Waals surface area contributed by atoms with Crippen molar-refractivity contribution in [3.8, 4) is 0 Å². The molecular weight excluding hydrogens is 206 g/mol. The number of ether oxygens (including phenoxy) is 1. The fourth-order valence-electron chi connectivity index (χ4n) is 2.90. The van der Waals surface area contributed by atoms with Gasteiger partial charge in [-0.2, -0.15) is 0 Å². The third kappa shape index (κ3) is 1.90. The van der Waals surface area contributed by atoms with Crippen molar-refractivity contribution >= 4 is 6.09 Å². The van der Waals surface area contributed by atoms with Gasteiger partial charge in [-0.25, -0.2) is 4.79 Å².